The van der Waals surface area contributed by atoms with E-state index in [0.29, 0.717) is 26.1 Å². The molecule has 0 atom stereocenters. The lowest BCUT2D eigenvalue weighted by Crippen LogP contribution is -2.46. The molecular weight excluding hydrogens is 251 g/mol. The predicted molar refractivity (Wildman–Crippen MR) is 68.1 cm³/mol. The Morgan fingerprint density at radius 3 is 2.84 bits per heavy atom. The summed E-state index contributed by atoms with van der Waals surface area (Å²) in [4.78, 5) is 11.9. The number of carbonyl (C=O) groups is 1. The first-order valence-electron chi connectivity index (χ1n) is 6.13. The fraction of sp³-hybridized carbons (Fsp3) is 0.462. The van der Waals surface area contributed by atoms with E-state index >= 15 is 0 Å². The number of anilines is 1. The van der Waals surface area contributed by atoms with Crippen molar-refractivity contribution in [2.24, 2.45) is 0 Å². The van der Waals surface area contributed by atoms with E-state index in [-0.39, 0.29) is 17.8 Å². The minimum absolute atomic E-state index is 0.0793. The highest BCUT2D eigenvalue weighted by atomic mass is 19.1. The summed E-state index contributed by atoms with van der Waals surface area (Å²) in [6, 6.07) is 3.62. The molecule has 6 heteroatoms. The molecule has 104 valence electrons. The predicted octanol–water partition coefficient (Wildman–Crippen LogP) is 0.679. The molecule has 0 aromatic heterocycles. The number of nitrogens with one attached hydrogen (secondary N) is 1. The van der Waals surface area contributed by atoms with Crippen molar-refractivity contribution in [2.75, 3.05) is 25.5 Å². The van der Waals surface area contributed by atoms with E-state index in [9.17, 15) is 14.3 Å². The van der Waals surface area contributed by atoms with E-state index in [1.807, 2.05) is 0 Å². The fourth-order valence-corrected chi connectivity index (χ4v) is 1.99. The van der Waals surface area contributed by atoms with Gasteiger partial charge in [0.05, 0.1) is 11.2 Å². The molecular formula is C13H17FN2O3. The molecule has 1 fully saturated rings. The minimum Gasteiger partial charge on any atom is -0.398 e. The maximum atomic E-state index is 13.1. The van der Waals surface area contributed by atoms with Gasteiger partial charge in [0, 0.05) is 38.3 Å². The van der Waals surface area contributed by atoms with Crippen LogP contribution in [0.15, 0.2) is 18.2 Å². The van der Waals surface area contributed by atoms with Gasteiger partial charge in [-0.25, -0.2) is 4.39 Å². The largest absolute Gasteiger partial charge is 0.398 e. The number of amides is 1. The normalized spacial score (nSPS) is 18.0. The topological polar surface area (TPSA) is 84.6 Å². The lowest BCUT2D eigenvalue weighted by molar-refractivity contribution is -0.0605. The molecule has 5 nitrogen and oxygen atoms in total. The Balaban J connectivity index is 1.99. The second-order valence-corrected chi connectivity index (χ2v) is 4.75. The molecule has 1 aliphatic heterocycles. The molecule has 0 saturated carbocycles. The Hall–Kier alpha value is -1.66. The SMILES string of the molecule is Nc1ccc(F)cc1C(=O)NCC1(O)CCOCC1. The highest BCUT2D eigenvalue weighted by molar-refractivity contribution is 5.99. The van der Waals surface area contributed by atoms with Crippen molar-refractivity contribution in [3.8, 4) is 0 Å². The summed E-state index contributed by atoms with van der Waals surface area (Å²) in [5.41, 5.74) is 4.95. The Bertz CT molecular complexity index is 473. The number of hydrogen-bond acceptors (Lipinski definition) is 4. The Labute approximate surface area is 110 Å². The van der Waals surface area contributed by atoms with Crippen LogP contribution in [0.3, 0.4) is 0 Å². The molecule has 2 rings (SSSR count). The van der Waals surface area contributed by atoms with Crippen LogP contribution in [-0.2, 0) is 4.74 Å². The number of carbonyl (C=O) groups excluding carboxylic acids is 1. The zero-order chi connectivity index (χ0) is 13.9. The summed E-state index contributed by atoms with van der Waals surface area (Å²) in [6.07, 6.45) is 0.928. The van der Waals surface area contributed by atoms with Gasteiger partial charge >= 0.3 is 0 Å². The van der Waals surface area contributed by atoms with Crippen LogP contribution in [0.5, 0.6) is 0 Å². The first kappa shape index (κ1) is 13.8. The third kappa shape index (κ3) is 3.42. The average molecular weight is 268 g/mol. The third-order valence-electron chi connectivity index (χ3n) is 3.26. The quantitative estimate of drug-likeness (QED) is 0.704. The zero-order valence-electron chi connectivity index (χ0n) is 10.5. The van der Waals surface area contributed by atoms with E-state index < -0.39 is 17.3 Å². The van der Waals surface area contributed by atoms with Gasteiger partial charge < -0.3 is 20.9 Å². The van der Waals surface area contributed by atoms with E-state index in [4.69, 9.17) is 10.5 Å². The lowest BCUT2D eigenvalue weighted by atomic mass is 9.94. The average Bonchev–Trinajstić information content (AvgIpc) is 2.40. The number of halogens is 1. The molecule has 1 amide bonds. The van der Waals surface area contributed by atoms with Gasteiger partial charge in [-0.1, -0.05) is 0 Å². The summed E-state index contributed by atoms with van der Waals surface area (Å²) >= 11 is 0. The van der Waals surface area contributed by atoms with Gasteiger partial charge in [0.2, 0.25) is 0 Å². The number of rotatable bonds is 3. The molecule has 1 aromatic rings. The van der Waals surface area contributed by atoms with E-state index in [1.165, 1.54) is 12.1 Å². The molecule has 0 aliphatic carbocycles. The fourth-order valence-electron chi connectivity index (χ4n) is 1.99. The number of benzene rings is 1. The van der Waals surface area contributed by atoms with Gasteiger partial charge in [0.15, 0.2) is 0 Å². The first-order valence-corrected chi connectivity index (χ1v) is 6.13. The van der Waals surface area contributed by atoms with Crippen molar-refractivity contribution >= 4 is 11.6 Å². The van der Waals surface area contributed by atoms with Crippen LogP contribution in [0.25, 0.3) is 0 Å². The molecule has 0 bridgehead atoms. The van der Waals surface area contributed by atoms with Gasteiger partial charge in [0.1, 0.15) is 5.82 Å². The van der Waals surface area contributed by atoms with Crippen molar-refractivity contribution in [1.82, 2.24) is 5.32 Å². The number of hydrogen-bond donors (Lipinski definition) is 3. The molecule has 0 radical (unpaired) electrons. The Kier molecular flexibility index (Phi) is 4.01. The van der Waals surface area contributed by atoms with E-state index in [1.54, 1.807) is 0 Å². The van der Waals surface area contributed by atoms with Crippen LogP contribution < -0.4 is 11.1 Å². The van der Waals surface area contributed by atoms with E-state index in [0.717, 1.165) is 6.07 Å². The van der Waals surface area contributed by atoms with Crippen molar-refractivity contribution < 1.29 is 19.0 Å². The first-order chi connectivity index (χ1) is 9.00. The molecule has 1 aliphatic rings. The second kappa shape index (κ2) is 5.54. The summed E-state index contributed by atoms with van der Waals surface area (Å²) in [6.45, 7) is 1.04. The third-order valence-corrected chi connectivity index (χ3v) is 3.26. The number of aliphatic hydroxyl groups is 1. The van der Waals surface area contributed by atoms with Crippen LogP contribution in [0, 0.1) is 5.82 Å². The van der Waals surface area contributed by atoms with Gasteiger partial charge in [-0.05, 0) is 18.2 Å². The van der Waals surface area contributed by atoms with Crippen molar-refractivity contribution in [1.29, 1.82) is 0 Å². The van der Waals surface area contributed by atoms with Gasteiger partial charge in [-0.3, -0.25) is 4.79 Å². The Morgan fingerprint density at radius 1 is 1.47 bits per heavy atom. The van der Waals surface area contributed by atoms with Crippen molar-refractivity contribution in [3.63, 3.8) is 0 Å². The maximum absolute atomic E-state index is 13.1. The number of nitrogens with two attached hydrogens (primary N) is 1. The van der Waals surface area contributed by atoms with Crippen molar-refractivity contribution in [2.45, 2.75) is 18.4 Å². The van der Waals surface area contributed by atoms with Gasteiger partial charge in [-0.15, -0.1) is 0 Å². The number of ether oxygens (including phenoxy) is 1. The molecule has 4 N–H and O–H groups in total. The molecule has 1 saturated heterocycles. The summed E-state index contributed by atoms with van der Waals surface area (Å²) < 4.78 is 18.2. The molecule has 0 unspecified atom stereocenters. The minimum atomic E-state index is -0.962. The molecule has 1 aromatic carbocycles. The second-order valence-electron chi connectivity index (χ2n) is 4.75. The molecule has 0 spiro atoms. The summed E-state index contributed by atoms with van der Waals surface area (Å²) in [5.74, 6) is -1.01. The zero-order valence-corrected chi connectivity index (χ0v) is 10.5. The van der Waals surface area contributed by atoms with Crippen LogP contribution in [0.4, 0.5) is 10.1 Å². The maximum Gasteiger partial charge on any atom is 0.253 e. The number of nitrogen functional groups attached to an aromatic ring is 1. The van der Waals surface area contributed by atoms with Gasteiger partial charge in [0.25, 0.3) is 5.91 Å². The van der Waals surface area contributed by atoms with Crippen LogP contribution >= 0.6 is 0 Å². The monoisotopic (exact) mass is 268 g/mol. The smallest absolute Gasteiger partial charge is 0.253 e. The van der Waals surface area contributed by atoms with Crippen LogP contribution in [-0.4, -0.2) is 36.4 Å². The summed E-state index contributed by atoms with van der Waals surface area (Å²) in [5, 5.41) is 12.8. The van der Waals surface area contributed by atoms with E-state index in [2.05, 4.69) is 5.32 Å². The highest BCUT2D eigenvalue weighted by Gasteiger charge is 2.30. The lowest BCUT2D eigenvalue weighted by Gasteiger charge is -2.32. The molecule has 19 heavy (non-hydrogen) atoms. The standard InChI is InChI=1S/C13H17FN2O3/c14-9-1-2-11(15)10(7-9)12(17)16-8-13(18)3-5-19-6-4-13/h1-2,7,18H,3-6,8,15H2,(H,16,17). The van der Waals surface area contributed by atoms with Crippen LogP contribution in [0.2, 0.25) is 0 Å². The van der Waals surface area contributed by atoms with Crippen molar-refractivity contribution in [3.05, 3.63) is 29.6 Å². The van der Waals surface area contributed by atoms with Crippen LogP contribution in [0.1, 0.15) is 23.2 Å². The summed E-state index contributed by atoms with van der Waals surface area (Å²) in [7, 11) is 0. The molecule has 1 heterocycles. The Morgan fingerprint density at radius 2 is 2.16 bits per heavy atom. The highest BCUT2D eigenvalue weighted by Crippen LogP contribution is 2.20. The van der Waals surface area contributed by atoms with Gasteiger partial charge in [-0.2, -0.15) is 0 Å².